The van der Waals surface area contributed by atoms with Crippen molar-refractivity contribution in [2.24, 2.45) is 5.92 Å². The normalized spacial score (nSPS) is 16.7. The van der Waals surface area contributed by atoms with E-state index in [1.54, 1.807) is 24.3 Å². The van der Waals surface area contributed by atoms with Crippen LogP contribution in [-0.2, 0) is 14.3 Å². The van der Waals surface area contributed by atoms with Gasteiger partial charge < -0.3 is 24.2 Å². The van der Waals surface area contributed by atoms with Crippen LogP contribution >= 0.6 is 0 Å². The largest absolute Gasteiger partial charge is 0.491 e. The van der Waals surface area contributed by atoms with Crippen LogP contribution in [0.4, 0.5) is 0 Å². The van der Waals surface area contributed by atoms with E-state index in [-0.39, 0.29) is 18.5 Å². The molecule has 1 N–H and O–H groups in total. The summed E-state index contributed by atoms with van der Waals surface area (Å²) in [6.07, 6.45) is 0.873. The summed E-state index contributed by atoms with van der Waals surface area (Å²) in [5.41, 5.74) is 0.449. The van der Waals surface area contributed by atoms with Gasteiger partial charge in [0.05, 0.1) is 25.2 Å². The van der Waals surface area contributed by atoms with E-state index >= 15 is 0 Å². The van der Waals surface area contributed by atoms with Crippen LogP contribution in [0.15, 0.2) is 24.3 Å². The molecule has 1 saturated heterocycles. The molecule has 0 saturated carbocycles. The second-order valence-corrected chi connectivity index (χ2v) is 6.31. The topological polar surface area (TPSA) is 85.3 Å². The summed E-state index contributed by atoms with van der Waals surface area (Å²) < 4.78 is 15.3. The molecule has 1 fully saturated rings. The zero-order valence-electron chi connectivity index (χ0n) is 15.3. The summed E-state index contributed by atoms with van der Waals surface area (Å²) in [5, 5.41) is 10.2. The molecule has 0 radical (unpaired) electrons. The molecule has 1 aliphatic rings. The fourth-order valence-corrected chi connectivity index (χ4v) is 2.96. The molecule has 0 unspecified atom stereocenters. The van der Waals surface area contributed by atoms with Gasteiger partial charge in [0, 0.05) is 6.54 Å². The Labute approximate surface area is 153 Å². The fraction of sp³-hybridized carbons (Fsp3) is 0.579. The predicted octanol–water partition coefficient (Wildman–Crippen LogP) is 1.49. The third-order valence-corrected chi connectivity index (χ3v) is 4.39. The highest BCUT2D eigenvalue weighted by Gasteiger charge is 2.26. The van der Waals surface area contributed by atoms with Gasteiger partial charge in [-0.25, -0.2) is 4.79 Å². The highest BCUT2D eigenvalue weighted by Crippen LogP contribution is 2.19. The number of methoxy groups -OCH3 is 1. The monoisotopic (exact) mass is 365 g/mol. The van der Waals surface area contributed by atoms with Crippen molar-refractivity contribution in [1.29, 1.82) is 0 Å². The summed E-state index contributed by atoms with van der Waals surface area (Å²) >= 11 is 0. The number of piperidine rings is 1. The molecule has 2 rings (SSSR count). The molecule has 0 spiro atoms. The lowest BCUT2D eigenvalue weighted by molar-refractivity contribution is -0.149. The molecule has 0 aliphatic carbocycles. The Hall–Kier alpha value is -2.12. The maximum Gasteiger partial charge on any atom is 0.337 e. The molecule has 1 aromatic carbocycles. The molecule has 0 amide bonds. The van der Waals surface area contributed by atoms with E-state index in [9.17, 15) is 14.7 Å². The van der Waals surface area contributed by atoms with Gasteiger partial charge >= 0.3 is 11.9 Å². The molecule has 1 atom stereocenters. The standard InChI is InChI=1S/C19H27NO6/c1-3-25-19(23)15-8-10-20(11-9-15)12-16(21)13-26-17-6-4-14(5-7-17)18(22)24-2/h4-7,15-16,21H,3,8-13H2,1-2H3/t16-/m0/s1. The molecule has 1 aliphatic heterocycles. The molecule has 0 bridgehead atoms. The lowest BCUT2D eigenvalue weighted by Crippen LogP contribution is -2.42. The Kier molecular flexibility index (Phi) is 7.87. The van der Waals surface area contributed by atoms with Crippen LogP contribution in [0.3, 0.4) is 0 Å². The van der Waals surface area contributed by atoms with Crippen LogP contribution in [0.2, 0.25) is 0 Å². The van der Waals surface area contributed by atoms with Crippen LogP contribution in [0.5, 0.6) is 5.75 Å². The van der Waals surface area contributed by atoms with E-state index in [1.807, 2.05) is 6.92 Å². The number of rotatable bonds is 8. The van der Waals surface area contributed by atoms with E-state index < -0.39 is 12.1 Å². The van der Waals surface area contributed by atoms with Crippen molar-refractivity contribution >= 4 is 11.9 Å². The number of esters is 2. The number of aliphatic hydroxyl groups excluding tert-OH is 1. The van der Waals surface area contributed by atoms with Crippen molar-refractivity contribution in [3.63, 3.8) is 0 Å². The van der Waals surface area contributed by atoms with Crippen molar-refractivity contribution < 1.29 is 28.9 Å². The van der Waals surface area contributed by atoms with E-state index in [0.29, 0.717) is 24.5 Å². The minimum absolute atomic E-state index is 0.0343. The number of aliphatic hydroxyl groups is 1. The summed E-state index contributed by atoms with van der Waals surface area (Å²) in [6, 6.07) is 6.58. The minimum atomic E-state index is -0.630. The molecule has 1 heterocycles. The first-order valence-corrected chi connectivity index (χ1v) is 8.91. The minimum Gasteiger partial charge on any atom is -0.491 e. The summed E-state index contributed by atoms with van der Waals surface area (Å²) in [4.78, 5) is 25.2. The van der Waals surface area contributed by atoms with Gasteiger partial charge in [0.1, 0.15) is 18.5 Å². The van der Waals surface area contributed by atoms with Gasteiger partial charge in [-0.1, -0.05) is 0 Å². The first kappa shape index (κ1) is 20.2. The van der Waals surface area contributed by atoms with Gasteiger partial charge in [0.15, 0.2) is 0 Å². The second kappa shape index (κ2) is 10.1. The molecule has 7 nitrogen and oxygen atoms in total. The van der Waals surface area contributed by atoms with Crippen LogP contribution < -0.4 is 4.74 Å². The Bertz CT molecular complexity index is 580. The van der Waals surface area contributed by atoms with Gasteiger partial charge in [-0.15, -0.1) is 0 Å². The van der Waals surface area contributed by atoms with Crippen molar-refractivity contribution in [2.75, 3.05) is 40.0 Å². The number of carbonyl (C=O) groups excluding carboxylic acids is 2. The maximum atomic E-state index is 11.7. The zero-order chi connectivity index (χ0) is 18.9. The molecule has 7 heteroatoms. The summed E-state index contributed by atoms with van der Waals surface area (Å²) in [5.74, 6) is 0.0277. The van der Waals surface area contributed by atoms with Crippen LogP contribution in [0, 0.1) is 5.92 Å². The van der Waals surface area contributed by atoms with E-state index in [0.717, 1.165) is 25.9 Å². The van der Waals surface area contributed by atoms with Crippen LogP contribution in [0.1, 0.15) is 30.1 Å². The third kappa shape index (κ3) is 6.00. The van der Waals surface area contributed by atoms with Gasteiger partial charge in [-0.2, -0.15) is 0 Å². The van der Waals surface area contributed by atoms with Crippen molar-refractivity contribution in [2.45, 2.75) is 25.9 Å². The first-order valence-electron chi connectivity index (χ1n) is 8.91. The highest BCUT2D eigenvalue weighted by molar-refractivity contribution is 5.89. The number of carbonyl (C=O) groups is 2. The SMILES string of the molecule is CCOC(=O)C1CCN(C[C@H](O)COc2ccc(C(=O)OC)cc2)CC1. The Morgan fingerprint density at radius 2 is 1.88 bits per heavy atom. The lowest BCUT2D eigenvalue weighted by Gasteiger charge is -2.32. The average Bonchev–Trinajstić information content (AvgIpc) is 2.67. The molecule has 1 aromatic rings. The number of likely N-dealkylation sites (tertiary alicyclic amines) is 1. The Balaban J connectivity index is 1.70. The summed E-state index contributed by atoms with van der Waals surface area (Å²) in [7, 11) is 1.33. The zero-order valence-corrected chi connectivity index (χ0v) is 15.3. The summed E-state index contributed by atoms with van der Waals surface area (Å²) in [6.45, 7) is 4.40. The third-order valence-electron chi connectivity index (χ3n) is 4.39. The van der Waals surface area contributed by atoms with E-state index in [4.69, 9.17) is 9.47 Å². The van der Waals surface area contributed by atoms with Crippen LogP contribution in [0.25, 0.3) is 0 Å². The van der Waals surface area contributed by atoms with Crippen molar-refractivity contribution in [3.8, 4) is 5.75 Å². The molecular weight excluding hydrogens is 338 g/mol. The number of ether oxygens (including phenoxy) is 3. The predicted molar refractivity (Wildman–Crippen MR) is 95.1 cm³/mol. The van der Waals surface area contributed by atoms with Crippen molar-refractivity contribution in [1.82, 2.24) is 4.90 Å². The van der Waals surface area contributed by atoms with Gasteiger partial charge in [-0.05, 0) is 57.1 Å². The molecule has 26 heavy (non-hydrogen) atoms. The quantitative estimate of drug-likeness (QED) is 0.699. The average molecular weight is 365 g/mol. The molecule has 0 aromatic heterocycles. The maximum absolute atomic E-state index is 11.7. The second-order valence-electron chi connectivity index (χ2n) is 6.31. The lowest BCUT2D eigenvalue weighted by atomic mass is 9.97. The Morgan fingerprint density at radius 1 is 1.23 bits per heavy atom. The number of benzene rings is 1. The van der Waals surface area contributed by atoms with Gasteiger partial charge in [-0.3, -0.25) is 4.79 Å². The fourth-order valence-electron chi connectivity index (χ4n) is 2.96. The van der Waals surface area contributed by atoms with Crippen LogP contribution in [-0.4, -0.2) is 68.0 Å². The number of hydrogen-bond donors (Lipinski definition) is 1. The molecule has 144 valence electrons. The number of nitrogens with zero attached hydrogens (tertiary/aromatic N) is 1. The van der Waals surface area contributed by atoms with Gasteiger partial charge in [0.25, 0.3) is 0 Å². The Morgan fingerprint density at radius 3 is 2.46 bits per heavy atom. The number of hydrogen-bond acceptors (Lipinski definition) is 7. The van der Waals surface area contributed by atoms with Gasteiger partial charge in [0.2, 0.25) is 0 Å². The van der Waals surface area contributed by atoms with E-state index in [1.165, 1.54) is 7.11 Å². The number of β-amino-alcohol motifs (C(OH)–C–C–N with tert-alkyl or cyclic N) is 1. The van der Waals surface area contributed by atoms with E-state index in [2.05, 4.69) is 9.64 Å². The first-order chi connectivity index (χ1) is 12.5. The molecular formula is C19H27NO6. The smallest absolute Gasteiger partial charge is 0.337 e. The van der Waals surface area contributed by atoms with Crippen molar-refractivity contribution in [3.05, 3.63) is 29.8 Å². The highest BCUT2D eigenvalue weighted by atomic mass is 16.5.